The van der Waals surface area contributed by atoms with Crippen LogP contribution in [-0.4, -0.2) is 29.1 Å². The Morgan fingerprint density at radius 3 is 2.55 bits per heavy atom. The van der Waals surface area contributed by atoms with Crippen LogP contribution in [0.4, 0.5) is 0 Å². The molecule has 0 aliphatic carbocycles. The monoisotopic (exact) mass is 435 g/mol. The first kappa shape index (κ1) is 21.8. The van der Waals surface area contributed by atoms with Crippen molar-refractivity contribution >= 4 is 23.5 Å². The number of carboxylic acid groups (broad SMARTS) is 1. The summed E-state index contributed by atoms with van der Waals surface area (Å²) in [6, 6.07) is 16.4. The Morgan fingerprint density at radius 1 is 1.23 bits per heavy atom. The fraction of sp³-hybridized carbons (Fsp3) is 0.130. The van der Waals surface area contributed by atoms with Gasteiger partial charge in [0.05, 0.1) is 36.8 Å². The van der Waals surface area contributed by atoms with E-state index in [1.165, 1.54) is 13.3 Å². The predicted octanol–water partition coefficient (Wildman–Crippen LogP) is 4.23. The highest BCUT2D eigenvalue weighted by atomic mass is 35.5. The second-order valence-electron chi connectivity index (χ2n) is 6.62. The molecule has 0 aliphatic rings. The summed E-state index contributed by atoms with van der Waals surface area (Å²) in [7, 11) is 1.47. The van der Waals surface area contributed by atoms with Gasteiger partial charge in [0.2, 0.25) is 5.88 Å². The summed E-state index contributed by atoms with van der Waals surface area (Å²) in [6.45, 7) is 0. The van der Waals surface area contributed by atoms with Gasteiger partial charge in [0, 0.05) is 16.8 Å². The predicted molar refractivity (Wildman–Crippen MR) is 115 cm³/mol. The number of rotatable bonds is 7. The molecule has 7 nitrogen and oxygen atoms in total. The molecular formula is C23H18ClN3O4. The number of ether oxygens (including phenoxy) is 1. The number of amides is 1. The Morgan fingerprint density at radius 2 is 1.94 bits per heavy atom. The van der Waals surface area contributed by atoms with Gasteiger partial charge in [-0.3, -0.25) is 9.59 Å². The zero-order chi connectivity index (χ0) is 22.4. The van der Waals surface area contributed by atoms with E-state index in [1.54, 1.807) is 54.6 Å². The summed E-state index contributed by atoms with van der Waals surface area (Å²) in [5.74, 6) is -1.26. The van der Waals surface area contributed by atoms with Gasteiger partial charge in [-0.05, 0) is 35.4 Å². The maximum absolute atomic E-state index is 12.9. The van der Waals surface area contributed by atoms with E-state index in [0.29, 0.717) is 33.2 Å². The van der Waals surface area contributed by atoms with Crippen molar-refractivity contribution in [2.75, 3.05) is 7.11 Å². The highest BCUT2D eigenvalue weighted by Gasteiger charge is 2.22. The second-order valence-corrected chi connectivity index (χ2v) is 7.02. The van der Waals surface area contributed by atoms with Crippen LogP contribution in [0.1, 0.15) is 33.9 Å². The number of benzene rings is 2. The molecule has 1 unspecified atom stereocenters. The topological polar surface area (TPSA) is 112 Å². The van der Waals surface area contributed by atoms with E-state index in [9.17, 15) is 14.7 Å². The number of carbonyl (C=O) groups excluding carboxylic acids is 1. The van der Waals surface area contributed by atoms with Gasteiger partial charge in [0.25, 0.3) is 5.91 Å². The lowest BCUT2D eigenvalue weighted by molar-refractivity contribution is -0.137. The summed E-state index contributed by atoms with van der Waals surface area (Å²) in [5.41, 5.74) is 2.51. The molecule has 8 heteroatoms. The number of hydrogen-bond donors (Lipinski definition) is 2. The van der Waals surface area contributed by atoms with E-state index in [-0.39, 0.29) is 12.0 Å². The Balaban J connectivity index is 1.93. The maximum Gasteiger partial charge on any atom is 0.305 e. The number of nitrogens with zero attached hydrogens (tertiary/aromatic N) is 2. The van der Waals surface area contributed by atoms with Crippen LogP contribution in [0.3, 0.4) is 0 Å². The number of hydrogen-bond acceptors (Lipinski definition) is 5. The third kappa shape index (κ3) is 5.18. The van der Waals surface area contributed by atoms with Crippen LogP contribution >= 0.6 is 11.6 Å². The molecule has 0 radical (unpaired) electrons. The first-order valence-electron chi connectivity index (χ1n) is 9.24. The van der Waals surface area contributed by atoms with Crippen molar-refractivity contribution in [1.82, 2.24) is 10.3 Å². The maximum atomic E-state index is 12.9. The lowest BCUT2D eigenvalue weighted by atomic mass is 10.0. The van der Waals surface area contributed by atoms with Crippen LogP contribution in [-0.2, 0) is 4.79 Å². The average Bonchev–Trinajstić information content (AvgIpc) is 2.78. The van der Waals surface area contributed by atoms with Crippen molar-refractivity contribution < 1.29 is 19.4 Å². The van der Waals surface area contributed by atoms with Crippen molar-refractivity contribution in [1.29, 1.82) is 5.26 Å². The molecule has 0 saturated heterocycles. The molecule has 0 fully saturated rings. The van der Waals surface area contributed by atoms with Gasteiger partial charge in [-0.2, -0.15) is 5.26 Å². The van der Waals surface area contributed by atoms with Crippen molar-refractivity contribution in [3.05, 3.63) is 82.5 Å². The number of aliphatic carboxylic acids is 1. The number of nitriles is 1. The van der Waals surface area contributed by atoms with Crippen molar-refractivity contribution in [2.45, 2.75) is 12.5 Å². The Hall–Kier alpha value is -3.89. The molecule has 156 valence electrons. The minimum atomic E-state index is -1.07. The molecule has 0 spiro atoms. The van der Waals surface area contributed by atoms with Crippen molar-refractivity contribution in [3.8, 4) is 23.1 Å². The minimum absolute atomic E-state index is 0.225. The first-order chi connectivity index (χ1) is 14.9. The number of carboxylic acids is 1. The molecule has 0 bridgehead atoms. The van der Waals surface area contributed by atoms with E-state index < -0.39 is 17.9 Å². The number of aromatic nitrogens is 1. The zero-order valence-electron chi connectivity index (χ0n) is 16.5. The van der Waals surface area contributed by atoms with Gasteiger partial charge < -0.3 is 15.2 Å². The van der Waals surface area contributed by atoms with E-state index in [2.05, 4.69) is 16.4 Å². The van der Waals surface area contributed by atoms with Gasteiger partial charge in [-0.15, -0.1) is 0 Å². The lowest BCUT2D eigenvalue weighted by Crippen LogP contribution is -2.30. The van der Waals surface area contributed by atoms with Crippen molar-refractivity contribution in [3.63, 3.8) is 0 Å². The van der Waals surface area contributed by atoms with Crippen LogP contribution in [0.2, 0.25) is 5.02 Å². The van der Waals surface area contributed by atoms with E-state index in [1.807, 2.05) is 0 Å². The van der Waals surface area contributed by atoms with Gasteiger partial charge in [-0.1, -0.05) is 41.9 Å². The normalized spacial score (nSPS) is 11.3. The van der Waals surface area contributed by atoms with Crippen LogP contribution in [0.15, 0.2) is 60.8 Å². The molecule has 1 heterocycles. The van der Waals surface area contributed by atoms with Crippen LogP contribution in [0.25, 0.3) is 11.1 Å². The number of halogens is 1. The van der Waals surface area contributed by atoms with Gasteiger partial charge in [0.1, 0.15) is 0 Å². The molecule has 0 aliphatic heterocycles. The van der Waals surface area contributed by atoms with E-state index in [4.69, 9.17) is 21.6 Å². The first-order valence-corrected chi connectivity index (χ1v) is 9.62. The highest BCUT2D eigenvalue weighted by Crippen LogP contribution is 2.30. The highest BCUT2D eigenvalue weighted by molar-refractivity contribution is 6.31. The zero-order valence-corrected chi connectivity index (χ0v) is 17.3. The van der Waals surface area contributed by atoms with Crippen LogP contribution < -0.4 is 10.1 Å². The van der Waals surface area contributed by atoms with Gasteiger partial charge in [0.15, 0.2) is 0 Å². The third-order valence-electron chi connectivity index (χ3n) is 4.60. The lowest BCUT2D eigenvalue weighted by Gasteiger charge is -2.19. The summed E-state index contributed by atoms with van der Waals surface area (Å²) in [4.78, 5) is 28.5. The molecular weight excluding hydrogens is 418 g/mol. The molecule has 2 aromatic carbocycles. The quantitative estimate of drug-likeness (QED) is 0.574. The Labute approximate surface area is 183 Å². The standard InChI is InChI=1S/C23H18ClN3O4/c1-31-23-18(15-8-6-14(12-25)7-9-15)10-16(13-26-23)22(30)27-20(11-21(28)29)17-4-2-3-5-19(17)24/h2-10,13,20H,11H2,1H3,(H,27,30)(H,28,29). The van der Waals surface area contributed by atoms with E-state index >= 15 is 0 Å². The number of pyridine rings is 1. The van der Waals surface area contributed by atoms with E-state index in [0.717, 1.165) is 0 Å². The molecule has 1 aromatic heterocycles. The summed E-state index contributed by atoms with van der Waals surface area (Å²) < 4.78 is 5.31. The summed E-state index contributed by atoms with van der Waals surface area (Å²) >= 11 is 6.21. The third-order valence-corrected chi connectivity index (χ3v) is 4.94. The fourth-order valence-electron chi connectivity index (χ4n) is 3.08. The second kappa shape index (κ2) is 9.74. The average molecular weight is 436 g/mol. The fourth-order valence-corrected chi connectivity index (χ4v) is 3.35. The smallest absolute Gasteiger partial charge is 0.305 e. The van der Waals surface area contributed by atoms with Crippen molar-refractivity contribution in [2.24, 2.45) is 0 Å². The molecule has 31 heavy (non-hydrogen) atoms. The largest absolute Gasteiger partial charge is 0.481 e. The van der Waals surface area contributed by atoms with Gasteiger partial charge >= 0.3 is 5.97 Å². The van der Waals surface area contributed by atoms with Gasteiger partial charge in [-0.25, -0.2) is 4.98 Å². The molecule has 1 amide bonds. The summed E-state index contributed by atoms with van der Waals surface area (Å²) in [6.07, 6.45) is 1.02. The molecule has 0 saturated carbocycles. The number of carbonyl (C=O) groups is 2. The number of methoxy groups -OCH3 is 1. The van der Waals surface area contributed by atoms with Crippen LogP contribution in [0, 0.1) is 11.3 Å². The van der Waals surface area contributed by atoms with Crippen LogP contribution in [0.5, 0.6) is 5.88 Å². The minimum Gasteiger partial charge on any atom is -0.481 e. The molecule has 3 aromatic rings. The molecule has 2 N–H and O–H groups in total. The summed E-state index contributed by atoms with van der Waals surface area (Å²) in [5, 5.41) is 21.4. The molecule has 3 rings (SSSR count). The number of nitrogens with one attached hydrogen (secondary N) is 1. The Bertz CT molecular complexity index is 1160. The Kier molecular flexibility index (Phi) is 6.85. The molecule has 1 atom stereocenters. The SMILES string of the molecule is COc1ncc(C(=O)NC(CC(=O)O)c2ccccc2Cl)cc1-c1ccc(C#N)cc1.